The van der Waals surface area contributed by atoms with Gasteiger partial charge in [-0.3, -0.25) is 15.0 Å². The molecule has 1 fully saturated rings. The molecule has 2 aliphatic rings. The van der Waals surface area contributed by atoms with Crippen LogP contribution in [0.2, 0.25) is 0 Å². The number of aryl methyl sites for hydroxylation is 2. The van der Waals surface area contributed by atoms with Crippen molar-refractivity contribution in [2.24, 2.45) is 13.0 Å². The summed E-state index contributed by atoms with van der Waals surface area (Å²) in [5.74, 6) is 1.58. The number of fused-ring (bicyclic) bond motifs is 7. The maximum absolute atomic E-state index is 13.5. The van der Waals surface area contributed by atoms with E-state index in [1.807, 2.05) is 14.0 Å². The quantitative estimate of drug-likeness (QED) is 0.410. The summed E-state index contributed by atoms with van der Waals surface area (Å²) in [5, 5.41) is 7.42. The van der Waals surface area contributed by atoms with Gasteiger partial charge in [0, 0.05) is 52.0 Å². The molecule has 4 aromatic rings. The lowest BCUT2D eigenvalue weighted by molar-refractivity contribution is 0.102. The van der Waals surface area contributed by atoms with Gasteiger partial charge in [0.05, 0.1) is 23.8 Å². The lowest BCUT2D eigenvalue weighted by atomic mass is 10.1. The molecule has 2 bridgehead atoms. The van der Waals surface area contributed by atoms with Crippen LogP contribution < -0.4 is 10.1 Å². The standard InChI is InChI=1S/C29H37N9O2/c1-19-6-5-13-40-28-22(16-30-36(28)4)26-31-20(2)14-24(32-26)27(39)34-29-33-23-8-7-21(15-25(23)38(29)17-19)18-37-11-9-35(3)10-12-37/h7-8,14-16,19H,5-6,9-13,17-18H2,1-4H3,(H,33,34,39)/t19-/m1/s1. The molecule has 6 rings (SSSR count). The van der Waals surface area contributed by atoms with Gasteiger partial charge in [0.2, 0.25) is 11.8 Å². The van der Waals surface area contributed by atoms with E-state index in [1.54, 1.807) is 16.9 Å². The van der Waals surface area contributed by atoms with Crippen LogP contribution in [0, 0.1) is 12.8 Å². The van der Waals surface area contributed by atoms with E-state index < -0.39 is 0 Å². The van der Waals surface area contributed by atoms with E-state index in [0.29, 0.717) is 41.4 Å². The molecule has 0 aliphatic carbocycles. The van der Waals surface area contributed by atoms with E-state index in [0.717, 1.165) is 63.1 Å². The Morgan fingerprint density at radius 3 is 2.73 bits per heavy atom. The summed E-state index contributed by atoms with van der Waals surface area (Å²) < 4.78 is 10.00. The van der Waals surface area contributed by atoms with Gasteiger partial charge in [0.15, 0.2) is 5.82 Å². The average molecular weight is 544 g/mol. The number of anilines is 1. The minimum Gasteiger partial charge on any atom is -0.477 e. The number of carbonyl (C=O) groups excluding carboxylic acids is 1. The van der Waals surface area contributed by atoms with Crippen molar-refractivity contribution in [3.05, 3.63) is 47.4 Å². The van der Waals surface area contributed by atoms with Crippen LogP contribution in [0.3, 0.4) is 0 Å². The fourth-order valence-corrected chi connectivity index (χ4v) is 5.54. The fraction of sp³-hybridized carbons (Fsp3) is 0.483. The molecule has 0 spiro atoms. The molecule has 40 heavy (non-hydrogen) atoms. The zero-order valence-electron chi connectivity index (χ0n) is 23.7. The first kappa shape index (κ1) is 26.4. The Bertz CT molecular complexity index is 1530. The van der Waals surface area contributed by atoms with Gasteiger partial charge in [-0.05, 0) is 56.5 Å². The normalized spacial score (nSPS) is 19.3. The summed E-state index contributed by atoms with van der Waals surface area (Å²) in [4.78, 5) is 32.5. The first-order valence-corrected chi connectivity index (χ1v) is 14.1. The molecule has 1 N–H and O–H groups in total. The number of rotatable bonds is 2. The van der Waals surface area contributed by atoms with E-state index in [-0.39, 0.29) is 11.6 Å². The summed E-state index contributed by atoms with van der Waals surface area (Å²) in [6, 6.07) is 8.15. The Morgan fingerprint density at radius 2 is 1.90 bits per heavy atom. The van der Waals surface area contributed by atoms with Crippen LogP contribution in [0.25, 0.3) is 22.4 Å². The Hall–Kier alpha value is -3.83. The number of hydrogen-bond donors (Lipinski definition) is 1. The van der Waals surface area contributed by atoms with E-state index in [9.17, 15) is 4.79 Å². The van der Waals surface area contributed by atoms with Gasteiger partial charge in [-0.1, -0.05) is 13.0 Å². The van der Waals surface area contributed by atoms with Crippen molar-refractivity contribution in [3.8, 4) is 17.3 Å². The van der Waals surface area contributed by atoms with Crippen LogP contribution >= 0.6 is 0 Å². The van der Waals surface area contributed by atoms with Crippen molar-refractivity contribution in [2.45, 2.75) is 39.8 Å². The SMILES string of the molecule is Cc1cc2nc(n1)-c1cnn(C)c1OCCC[C@@H](C)Cn1c(nc3ccc(CN4CCN(C)CC4)cc31)NC2=O. The van der Waals surface area contributed by atoms with Crippen LogP contribution in [-0.4, -0.2) is 84.8 Å². The summed E-state index contributed by atoms with van der Waals surface area (Å²) in [6.45, 7) is 10.6. The van der Waals surface area contributed by atoms with Gasteiger partial charge in [-0.25, -0.2) is 19.6 Å². The maximum atomic E-state index is 13.5. The molecule has 2 aliphatic heterocycles. The van der Waals surface area contributed by atoms with Crippen LogP contribution in [0.15, 0.2) is 30.5 Å². The highest BCUT2D eigenvalue weighted by Gasteiger charge is 2.22. The van der Waals surface area contributed by atoms with Crippen molar-refractivity contribution < 1.29 is 9.53 Å². The molecule has 0 saturated carbocycles. The molecule has 1 atom stereocenters. The number of hydrogen-bond acceptors (Lipinski definition) is 8. The third-order valence-corrected chi connectivity index (χ3v) is 7.83. The first-order chi connectivity index (χ1) is 19.3. The number of piperazine rings is 1. The van der Waals surface area contributed by atoms with E-state index >= 15 is 0 Å². The number of benzene rings is 1. The van der Waals surface area contributed by atoms with E-state index in [2.05, 4.69) is 66.9 Å². The van der Waals surface area contributed by atoms with Crippen LogP contribution in [0.4, 0.5) is 5.95 Å². The Kier molecular flexibility index (Phi) is 7.24. The largest absolute Gasteiger partial charge is 0.477 e. The first-order valence-electron chi connectivity index (χ1n) is 14.1. The third kappa shape index (κ3) is 5.44. The van der Waals surface area contributed by atoms with Gasteiger partial charge in [-0.2, -0.15) is 5.10 Å². The van der Waals surface area contributed by atoms with Crippen LogP contribution in [0.5, 0.6) is 5.88 Å². The molecule has 0 unspecified atom stereocenters. The zero-order chi connectivity index (χ0) is 27.8. The van der Waals surface area contributed by atoms with Crippen molar-refractivity contribution in [1.82, 2.24) is 39.1 Å². The highest BCUT2D eigenvalue weighted by atomic mass is 16.5. The fourth-order valence-electron chi connectivity index (χ4n) is 5.54. The number of nitrogens with zero attached hydrogens (tertiary/aromatic N) is 8. The van der Waals surface area contributed by atoms with Crippen molar-refractivity contribution >= 4 is 22.9 Å². The molecular weight excluding hydrogens is 506 g/mol. The minimum absolute atomic E-state index is 0.273. The van der Waals surface area contributed by atoms with E-state index in [1.165, 1.54) is 5.56 Å². The number of imidazole rings is 1. The highest BCUT2D eigenvalue weighted by molar-refractivity contribution is 6.03. The van der Waals surface area contributed by atoms with Gasteiger partial charge >= 0.3 is 0 Å². The molecule has 3 aromatic heterocycles. The van der Waals surface area contributed by atoms with Crippen LogP contribution in [0.1, 0.15) is 41.5 Å². The second-order valence-electron chi connectivity index (χ2n) is 11.2. The molecular formula is C29H37N9O2. The minimum atomic E-state index is -0.324. The van der Waals surface area contributed by atoms with Crippen LogP contribution in [-0.2, 0) is 20.1 Å². The second kappa shape index (κ2) is 11.0. The number of aromatic nitrogens is 6. The predicted octanol–water partition coefficient (Wildman–Crippen LogP) is 3.34. The number of carbonyl (C=O) groups is 1. The van der Waals surface area contributed by atoms with Gasteiger partial charge in [0.25, 0.3) is 5.91 Å². The molecule has 5 heterocycles. The summed E-state index contributed by atoms with van der Waals surface area (Å²) in [7, 11) is 4.01. The smallest absolute Gasteiger partial charge is 0.276 e. The van der Waals surface area contributed by atoms with Crippen molar-refractivity contribution in [2.75, 3.05) is 45.2 Å². The molecule has 1 aromatic carbocycles. The van der Waals surface area contributed by atoms with E-state index in [4.69, 9.17) is 9.72 Å². The molecule has 11 heteroatoms. The summed E-state index contributed by atoms with van der Waals surface area (Å²) in [6.07, 6.45) is 3.53. The summed E-state index contributed by atoms with van der Waals surface area (Å²) >= 11 is 0. The van der Waals surface area contributed by atoms with Gasteiger partial charge < -0.3 is 14.2 Å². The Labute approximate surface area is 234 Å². The number of likely N-dealkylation sites (N-methyl/N-ethyl adjacent to an activating group) is 1. The van der Waals surface area contributed by atoms with Gasteiger partial charge in [-0.15, -0.1) is 0 Å². The highest BCUT2D eigenvalue weighted by Crippen LogP contribution is 2.29. The Balaban J connectivity index is 1.36. The lowest BCUT2D eigenvalue weighted by Crippen LogP contribution is -2.43. The predicted molar refractivity (Wildman–Crippen MR) is 153 cm³/mol. The van der Waals surface area contributed by atoms with Gasteiger partial charge in [0.1, 0.15) is 11.3 Å². The molecule has 0 radical (unpaired) electrons. The molecule has 11 nitrogen and oxygen atoms in total. The maximum Gasteiger partial charge on any atom is 0.276 e. The summed E-state index contributed by atoms with van der Waals surface area (Å²) in [5.41, 5.74) is 4.79. The topological polar surface area (TPSA) is 106 Å². The van der Waals surface area contributed by atoms with Crippen molar-refractivity contribution in [1.29, 1.82) is 0 Å². The number of amides is 1. The molecule has 1 amide bonds. The monoisotopic (exact) mass is 543 g/mol. The number of ether oxygens (including phenoxy) is 1. The second-order valence-corrected chi connectivity index (χ2v) is 11.2. The zero-order valence-corrected chi connectivity index (χ0v) is 23.7. The Morgan fingerprint density at radius 1 is 1.07 bits per heavy atom. The third-order valence-electron chi connectivity index (χ3n) is 7.83. The number of nitrogens with one attached hydrogen (secondary N) is 1. The van der Waals surface area contributed by atoms with Crippen molar-refractivity contribution in [3.63, 3.8) is 0 Å². The lowest BCUT2D eigenvalue weighted by Gasteiger charge is -2.32. The molecule has 1 saturated heterocycles. The molecule has 210 valence electrons. The average Bonchev–Trinajstić information content (AvgIpc) is 3.46.